The van der Waals surface area contributed by atoms with Crippen molar-refractivity contribution in [2.75, 3.05) is 159 Å². The molecule has 0 unspecified atom stereocenters. The largest absolute Gasteiger partial charge is 0.487 e. The Morgan fingerprint density at radius 3 is 1.09 bits per heavy atom. The first-order chi connectivity index (χ1) is 46.2. The van der Waals surface area contributed by atoms with Crippen molar-refractivity contribution in [3.63, 3.8) is 0 Å². The van der Waals surface area contributed by atoms with E-state index in [2.05, 4.69) is 42.0 Å². The zero-order valence-electron chi connectivity index (χ0n) is 58.6. The van der Waals surface area contributed by atoms with Gasteiger partial charge < -0.3 is 116 Å². The number of rotatable bonds is 50. The summed E-state index contributed by atoms with van der Waals surface area (Å²) in [6.07, 6.45) is -2.16. The quantitative estimate of drug-likeness (QED) is 0.0462. The number of hydrogen-bond donors (Lipinski definition) is 5. The SMILES string of the molecule is CC[C@H]1O[C@@H](OCCOCCOCCOc2cc(C(=O)NCCOCCOCCO)cc(OCCOCCOCCO[C@@H]3O[C@H](CC)[C@H](C)[C@H](OC(C)=O)[C@H]3NC(C)=O)c2OCCOCCOCCO[C@@H]2O[C@H](CC)[C@H](C)[C@H](OC(C)=O)[C@H]2NC(C)=O)[C@H](NC(C)=O)[C@@H](C)[C@H]1C. The molecule has 3 aliphatic rings. The predicted octanol–water partition coefficient (Wildman–Crippen LogP) is 3.05. The van der Waals surface area contributed by atoms with Crippen LogP contribution in [0.5, 0.6) is 17.2 Å². The monoisotopic (exact) mass is 1380 g/mol. The molecule has 1 aromatic rings. The molecule has 1 aromatic carbocycles. The normalized spacial score (nSPS) is 25.7. The van der Waals surface area contributed by atoms with Crippen LogP contribution in [0.25, 0.3) is 0 Å². The van der Waals surface area contributed by atoms with Crippen molar-refractivity contribution in [2.45, 2.75) is 170 Å². The molecule has 5 N–H and O–H groups in total. The predicted molar refractivity (Wildman–Crippen MR) is 344 cm³/mol. The Morgan fingerprint density at radius 2 is 0.729 bits per heavy atom. The lowest BCUT2D eigenvalue weighted by atomic mass is 9.81. The van der Waals surface area contributed by atoms with Crippen LogP contribution >= 0.6 is 0 Å². The van der Waals surface area contributed by atoms with Crippen LogP contribution in [0.15, 0.2) is 12.1 Å². The molecule has 3 saturated heterocycles. The van der Waals surface area contributed by atoms with E-state index in [1.54, 1.807) is 0 Å². The van der Waals surface area contributed by atoms with Crippen molar-refractivity contribution < 1.29 is 124 Å². The Hall–Kier alpha value is -5.16. The molecule has 0 radical (unpaired) electrons. The van der Waals surface area contributed by atoms with E-state index in [-0.39, 0.29) is 247 Å². The third-order valence-corrected chi connectivity index (χ3v) is 16.1. The molecular weight excluding hydrogens is 1260 g/mol. The molecule has 3 fully saturated rings. The van der Waals surface area contributed by atoms with Crippen molar-refractivity contribution in [3.05, 3.63) is 17.7 Å². The second kappa shape index (κ2) is 47.8. The molecule has 0 saturated carbocycles. The average Bonchev–Trinajstić information content (AvgIpc) is 0.937. The minimum absolute atomic E-state index is 0.000135. The Kier molecular flexibility index (Phi) is 41.4. The molecule has 30 heteroatoms. The maximum atomic E-state index is 13.8. The Labute approximate surface area is 565 Å². The van der Waals surface area contributed by atoms with Gasteiger partial charge in [-0.15, -0.1) is 0 Å². The van der Waals surface area contributed by atoms with Crippen LogP contribution < -0.4 is 35.5 Å². The van der Waals surface area contributed by atoms with Gasteiger partial charge in [-0.05, 0) is 43.2 Å². The number of esters is 2. The Morgan fingerprint density at radius 1 is 0.406 bits per heavy atom. The van der Waals surface area contributed by atoms with E-state index < -0.39 is 61.0 Å². The number of hydrogen-bond acceptors (Lipinski definition) is 26. The first kappa shape index (κ1) is 83.3. The lowest BCUT2D eigenvalue weighted by Crippen LogP contribution is -2.62. The van der Waals surface area contributed by atoms with E-state index in [9.17, 15) is 28.8 Å². The number of carbonyl (C=O) groups is 6. The Bertz CT molecular complexity index is 2380. The van der Waals surface area contributed by atoms with Crippen LogP contribution in [0.1, 0.15) is 113 Å². The second-order valence-corrected chi connectivity index (χ2v) is 23.5. The van der Waals surface area contributed by atoms with Crippen molar-refractivity contribution in [1.82, 2.24) is 21.3 Å². The van der Waals surface area contributed by atoms with Crippen LogP contribution in [-0.2, 0) is 99.8 Å². The zero-order valence-corrected chi connectivity index (χ0v) is 58.6. The average molecular weight is 1380 g/mol. The number of aliphatic hydroxyl groups excluding tert-OH is 1. The highest BCUT2D eigenvalue weighted by molar-refractivity contribution is 5.95. The van der Waals surface area contributed by atoms with Gasteiger partial charge >= 0.3 is 11.9 Å². The van der Waals surface area contributed by atoms with Gasteiger partial charge in [0, 0.05) is 58.6 Å². The van der Waals surface area contributed by atoms with Gasteiger partial charge in [0.15, 0.2) is 30.4 Å². The lowest BCUT2D eigenvalue weighted by Gasteiger charge is -2.44. The fourth-order valence-corrected chi connectivity index (χ4v) is 11.3. The number of ether oxygens (including phenoxy) is 19. The van der Waals surface area contributed by atoms with E-state index in [0.29, 0.717) is 12.8 Å². The van der Waals surface area contributed by atoms with Crippen LogP contribution in [-0.4, -0.2) is 267 Å². The summed E-state index contributed by atoms with van der Waals surface area (Å²) < 4.78 is 113. The molecular formula is C66H112N4O26. The summed E-state index contributed by atoms with van der Waals surface area (Å²) in [6.45, 7) is 24.5. The van der Waals surface area contributed by atoms with Crippen LogP contribution in [0, 0.1) is 23.7 Å². The van der Waals surface area contributed by atoms with Gasteiger partial charge in [0.1, 0.15) is 44.1 Å². The molecule has 96 heavy (non-hydrogen) atoms. The molecule has 0 bridgehead atoms. The summed E-state index contributed by atoms with van der Waals surface area (Å²) in [7, 11) is 0. The topological polar surface area (TPSA) is 346 Å². The second-order valence-electron chi connectivity index (χ2n) is 23.5. The standard InChI is InChI=1S/C66H112N4O26/c1-13-52-42(4)43(5)57(68-46(8)72)64(94-52)89-37-31-83-25-22-80-28-34-86-55-40-51(63(77)67-16-18-78-20-21-79-19-17-71)41-56(87-35-29-81-23-26-84-32-38-90-65-58(69-47(9)73)60(92-49(11)75)44(6)53(14-2)95-65)62(55)88-36-30-82-24-27-85-33-39-91-66-59(70-48(10)74)61(93-50(12)76)45(7)54(15-3)96-66/h40-45,52-54,57-61,64-66,71H,13-39H2,1-12H3,(H,67,77)(H,68,72)(H,69,73)(H,70,74)/t42-,43+,44+,45+,52-,53-,54-,57-,58-,59-,60+,61+,64-,65-,66-/m1/s1. The molecule has 0 aliphatic carbocycles. The molecule has 3 heterocycles. The Balaban J connectivity index is 1.37. The number of aliphatic hydroxyl groups is 1. The first-order valence-corrected chi connectivity index (χ1v) is 33.8. The van der Waals surface area contributed by atoms with Gasteiger partial charge in [0.2, 0.25) is 23.5 Å². The molecule has 30 nitrogen and oxygen atoms in total. The fourth-order valence-electron chi connectivity index (χ4n) is 11.3. The van der Waals surface area contributed by atoms with Gasteiger partial charge in [-0.2, -0.15) is 0 Å². The van der Waals surface area contributed by atoms with Gasteiger partial charge in [0.05, 0.1) is 156 Å². The van der Waals surface area contributed by atoms with E-state index in [0.717, 1.165) is 6.42 Å². The summed E-state index contributed by atoms with van der Waals surface area (Å²) in [5.41, 5.74) is 0.188. The fraction of sp³-hybridized carbons (Fsp3) is 0.818. The van der Waals surface area contributed by atoms with Crippen molar-refractivity contribution in [1.29, 1.82) is 0 Å². The number of nitrogens with one attached hydrogen (secondary N) is 4. The van der Waals surface area contributed by atoms with E-state index in [1.807, 2.05) is 27.7 Å². The minimum atomic E-state index is -0.885. The highest BCUT2D eigenvalue weighted by Crippen LogP contribution is 2.40. The van der Waals surface area contributed by atoms with Crippen LogP contribution in [0.2, 0.25) is 0 Å². The molecule has 0 aromatic heterocycles. The molecule has 4 rings (SSSR count). The number of amides is 4. The summed E-state index contributed by atoms with van der Waals surface area (Å²) in [6, 6.07) is 1.31. The third-order valence-electron chi connectivity index (χ3n) is 16.1. The highest BCUT2D eigenvalue weighted by Gasteiger charge is 2.48. The lowest BCUT2D eigenvalue weighted by molar-refractivity contribution is -0.256. The summed E-state index contributed by atoms with van der Waals surface area (Å²) in [4.78, 5) is 74.2. The third kappa shape index (κ3) is 30.5. The summed E-state index contributed by atoms with van der Waals surface area (Å²) >= 11 is 0. The van der Waals surface area contributed by atoms with E-state index in [1.165, 1.54) is 46.8 Å². The molecule has 4 amide bonds. The number of benzene rings is 1. The van der Waals surface area contributed by atoms with Crippen molar-refractivity contribution in [3.8, 4) is 17.2 Å². The minimum Gasteiger partial charge on any atom is -0.487 e. The van der Waals surface area contributed by atoms with Gasteiger partial charge in [-0.3, -0.25) is 28.8 Å². The van der Waals surface area contributed by atoms with Gasteiger partial charge in [0.25, 0.3) is 5.91 Å². The molecule has 552 valence electrons. The molecule has 0 spiro atoms. The van der Waals surface area contributed by atoms with Crippen LogP contribution in [0.3, 0.4) is 0 Å². The maximum absolute atomic E-state index is 13.8. The summed E-state index contributed by atoms with van der Waals surface area (Å²) in [5, 5.41) is 20.5. The highest BCUT2D eigenvalue weighted by atomic mass is 16.7. The molecule has 3 aliphatic heterocycles. The van der Waals surface area contributed by atoms with E-state index >= 15 is 0 Å². The first-order valence-electron chi connectivity index (χ1n) is 33.8. The molecule has 15 atom stereocenters. The van der Waals surface area contributed by atoms with Crippen molar-refractivity contribution >= 4 is 35.6 Å². The number of carbonyl (C=O) groups excluding carboxylic acids is 6. The van der Waals surface area contributed by atoms with Crippen molar-refractivity contribution in [2.24, 2.45) is 23.7 Å². The van der Waals surface area contributed by atoms with Crippen LogP contribution in [0.4, 0.5) is 0 Å². The smallest absolute Gasteiger partial charge is 0.302 e. The maximum Gasteiger partial charge on any atom is 0.302 e. The summed E-state index contributed by atoms with van der Waals surface area (Å²) in [5.74, 6) is -1.70. The van der Waals surface area contributed by atoms with E-state index in [4.69, 9.17) is 95.1 Å². The van der Waals surface area contributed by atoms with Gasteiger partial charge in [-0.1, -0.05) is 48.5 Å². The zero-order chi connectivity index (χ0) is 70.2. The van der Waals surface area contributed by atoms with Gasteiger partial charge in [-0.25, -0.2) is 0 Å².